The lowest BCUT2D eigenvalue weighted by Crippen LogP contribution is -1.90. The van der Waals surface area contributed by atoms with Gasteiger partial charge in [0.25, 0.3) is 0 Å². The van der Waals surface area contributed by atoms with Crippen molar-refractivity contribution in [3.8, 4) is 0 Å². The number of pyridine rings is 1. The Morgan fingerprint density at radius 2 is 2.00 bits per heavy atom. The first kappa shape index (κ1) is 12.9. The van der Waals surface area contributed by atoms with Crippen molar-refractivity contribution in [3.63, 3.8) is 0 Å². The molecule has 2 nitrogen and oxygen atoms in total. The van der Waals surface area contributed by atoms with Crippen molar-refractivity contribution in [2.24, 2.45) is 0 Å². The number of fused-ring (bicyclic) bond motifs is 1. The molecule has 0 saturated heterocycles. The number of anilines is 1. The third-order valence-corrected chi connectivity index (χ3v) is 4.04. The number of aromatic nitrogens is 1. The van der Waals surface area contributed by atoms with Crippen LogP contribution < -0.4 is 5.73 Å². The first-order chi connectivity index (χ1) is 9.72. The van der Waals surface area contributed by atoms with Crippen LogP contribution in [0.25, 0.3) is 10.9 Å². The minimum Gasteiger partial charge on any atom is -0.399 e. The van der Waals surface area contributed by atoms with Gasteiger partial charge in [-0.1, -0.05) is 12.1 Å². The fraction of sp³-hybridized carbons (Fsp3) is 0.0625. The van der Waals surface area contributed by atoms with E-state index in [4.69, 9.17) is 5.73 Å². The molecule has 0 atom stereocenters. The monoisotopic (exact) mass is 284 g/mol. The van der Waals surface area contributed by atoms with Gasteiger partial charge in [-0.3, -0.25) is 4.98 Å². The third-order valence-electron chi connectivity index (χ3n) is 3.00. The zero-order valence-corrected chi connectivity index (χ0v) is 11.5. The van der Waals surface area contributed by atoms with Gasteiger partial charge in [0.05, 0.1) is 5.52 Å². The van der Waals surface area contributed by atoms with Gasteiger partial charge in [0.2, 0.25) is 0 Å². The van der Waals surface area contributed by atoms with Crippen LogP contribution >= 0.6 is 11.8 Å². The smallest absolute Gasteiger partial charge is 0.124 e. The molecule has 0 fully saturated rings. The summed E-state index contributed by atoms with van der Waals surface area (Å²) in [6.07, 6.45) is 1.73. The van der Waals surface area contributed by atoms with Crippen molar-refractivity contribution in [1.29, 1.82) is 0 Å². The highest BCUT2D eigenvalue weighted by atomic mass is 32.2. The lowest BCUT2D eigenvalue weighted by molar-refractivity contribution is 0.628. The van der Waals surface area contributed by atoms with Crippen LogP contribution in [0.1, 0.15) is 5.56 Å². The maximum atomic E-state index is 13.6. The van der Waals surface area contributed by atoms with Crippen molar-refractivity contribution in [2.45, 2.75) is 10.6 Å². The number of rotatable bonds is 3. The lowest BCUT2D eigenvalue weighted by Gasteiger charge is -2.07. The van der Waals surface area contributed by atoms with Crippen LogP contribution in [0.3, 0.4) is 0 Å². The second-order valence-electron chi connectivity index (χ2n) is 4.50. The van der Waals surface area contributed by atoms with E-state index >= 15 is 0 Å². The summed E-state index contributed by atoms with van der Waals surface area (Å²) < 4.78 is 13.6. The maximum absolute atomic E-state index is 13.6. The van der Waals surface area contributed by atoms with Crippen LogP contribution in [0, 0.1) is 5.82 Å². The molecule has 3 aromatic rings. The van der Waals surface area contributed by atoms with E-state index in [1.807, 2.05) is 36.4 Å². The van der Waals surface area contributed by atoms with Crippen LogP contribution in [0.5, 0.6) is 0 Å². The zero-order valence-electron chi connectivity index (χ0n) is 10.7. The van der Waals surface area contributed by atoms with Crippen molar-refractivity contribution in [1.82, 2.24) is 4.98 Å². The first-order valence-electron chi connectivity index (χ1n) is 6.24. The molecular weight excluding hydrogens is 271 g/mol. The molecular formula is C16H13FN2S. The summed E-state index contributed by atoms with van der Waals surface area (Å²) >= 11 is 1.62. The Morgan fingerprint density at radius 3 is 2.85 bits per heavy atom. The SMILES string of the molecule is Nc1cccc(SCc2cc(F)cc3cccnc23)c1. The zero-order chi connectivity index (χ0) is 13.9. The third kappa shape index (κ3) is 2.75. The number of thioether (sulfide) groups is 1. The number of hydrogen-bond donors (Lipinski definition) is 1. The second-order valence-corrected chi connectivity index (χ2v) is 5.55. The van der Waals surface area contributed by atoms with E-state index in [2.05, 4.69) is 4.98 Å². The summed E-state index contributed by atoms with van der Waals surface area (Å²) in [5.41, 5.74) is 8.24. The van der Waals surface area contributed by atoms with Gasteiger partial charge in [-0.2, -0.15) is 0 Å². The molecule has 0 aliphatic rings. The van der Waals surface area contributed by atoms with Gasteiger partial charge in [-0.15, -0.1) is 11.8 Å². The Kier molecular flexibility index (Phi) is 3.56. The Labute approximate surface area is 120 Å². The molecule has 0 bridgehead atoms. The number of nitrogen functional groups attached to an aromatic ring is 1. The molecule has 3 rings (SSSR count). The van der Waals surface area contributed by atoms with Crippen molar-refractivity contribution in [2.75, 3.05) is 5.73 Å². The van der Waals surface area contributed by atoms with Gasteiger partial charge in [0.1, 0.15) is 5.82 Å². The Balaban J connectivity index is 1.91. The van der Waals surface area contributed by atoms with E-state index in [0.29, 0.717) is 5.75 Å². The second kappa shape index (κ2) is 5.51. The Hall–Kier alpha value is -2.07. The van der Waals surface area contributed by atoms with E-state index in [1.165, 1.54) is 6.07 Å². The molecule has 2 N–H and O–H groups in total. The topological polar surface area (TPSA) is 38.9 Å². The molecule has 1 heterocycles. The number of nitrogens with zero attached hydrogens (tertiary/aromatic N) is 1. The highest BCUT2D eigenvalue weighted by Crippen LogP contribution is 2.28. The van der Waals surface area contributed by atoms with Gasteiger partial charge < -0.3 is 5.73 Å². The molecule has 0 aliphatic carbocycles. The van der Waals surface area contributed by atoms with E-state index in [9.17, 15) is 4.39 Å². The molecule has 0 radical (unpaired) electrons. The van der Waals surface area contributed by atoms with E-state index in [1.54, 1.807) is 24.0 Å². The quantitative estimate of drug-likeness (QED) is 0.577. The molecule has 0 aliphatic heterocycles. The summed E-state index contributed by atoms with van der Waals surface area (Å²) in [6.45, 7) is 0. The number of halogens is 1. The van der Waals surface area contributed by atoms with Gasteiger partial charge in [-0.05, 0) is 42.0 Å². The fourth-order valence-electron chi connectivity index (χ4n) is 2.10. The average Bonchev–Trinajstić information content (AvgIpc) is 2.44. The number of hydrogen-bond acceptors (Lipinski definition) is 3. The van der Waals surface area contributed by atoms with Gasteiger partial charge in [-0.25, -0.2) is 4.39 Å². The first-order valence-corrected chi connectivity index (χ1v) is 7.22. The van der Waals surface area contributed by atoms with E-state index in [0.717, 1.165) is 27.0 Å². The van der Waals surface area contributed by atoms with Crippen LogP contribution in [-0.2, 0) is 5.75 Å². The Morgan fingerprint density at radius 1 is 1.10 bits per heavy atom. The van der Waals surface area contributed by atoms with Crippen LogP contribution in [0.4, 0.5) is 10.1 Å². The molecule has 20 heavy (non-hydrogen) atoms. The van der Waals surface area contributed by atoms with Crippen molar-refractivity contribution in [3.05, 3.63) is 66.1 Å². The molecule has 0 spiro atoms. The van der Waals surface area contributed by atoms with E-state index in [-0.39, 0.29) is 5.82 Å². The van der Waals surface area contributed by atoms with Crippen LogP contribution in [0.15, 0.2) is 59.6 Å². The minimum absolute atomic E-state index is 0.228. The summed E-state index contributed by atoms with van der Waals surface area (Å²) in [6, 6.07) is 14.4. The summed E-state index contributed by atoms with van der Waals surface area (Å²) in [7, 11) is 0. The minimum atomic E-state index is -0.228. The normalized spacial score (nSPS) is 10.8. The molecule has 4 heteroatoms. The van der Waals surface area contributed by atoms with E-state index < -0.39 is 0 Å². The van der Waals surface area contributed by atoms with Gasteiger partial charge in [0, 0.05) is 27.9 Å². The van der Waals surface area contributed by atoms with Crippen molar-refractivity contribution < 1.29 is 4.39 Å². The molecule has 1 aromatic heterocycles. The largest absolute Gasteiger partial charge is 0.399 e. The summed E-state index contributed by atoms with van der Waals surface area (Å²) in [4.78, 5) is 5.42. The van der Waals surface area contributed by atoms with Crippen LogP contribution in [-0.4, -0.2) is 4.98 Å². The fourth-order valence-corrected chi connectivity index (χ4v) is 3.04. The Bertz CT molecular complexity index is 758. The molecule has 0 unspecified atom stereocenters. The molecule has 0 saturated carbocycles. The number of benzene rings is 2. The molecule has 2 aromatic carbocycles. The molecule has 0 amide bonds. The average molecular weight is 284 g/mol. The summed E-state index contributed by atoms with van der Waals surface area (Å²) in [5.74, 6) is 0.433. The van der Waals surface area contributed by atoms with Crippen LogP contribution in [0.2, 0.25) is 0 Å². The summed E-state index contributed by atoms with van der Waals surface area (Å²) in [5, 5.41) is 0.829. The number of nitrogens with two attached hydrogens (primary N) is 1. The predicted molar refractivity (Wildman–Crippen MR) is 82.1 cm³/mol. The van der Waals surface area contributed by atoms with Gasteiger partial charge >= 0.3 is 0 Å². The lowest BCUT2D eigenvalue weighted by atomic mass is 10.1. The highest BCUT2D eigenvalue weighted by molar-refractivity contribution is 7.98. The van der Waals surface area contributed by atoms with Crippen molar-refractivity contribution >= 4 is 28.4 Å². The van der Waals surface area contributed by atoms with Gasteiger partial charge in [0.15, 0.2) is 0 Å². The standard InChI is InChI=1S/C16H13FN2S/c17-13-7-11-3-2-6-19-16(11)12(8-13)10-20-15-5-1-4-14(18)9-15/h1-9H,10,18H2. The predicted octanol–water partition coefficient (Wildman–Crippen LogP) is 4.25. The maximum Gasteiger partial charge on any atom is 0.124 e. The molecule has 100 valence electrons. The highest BCUT2D eigenvalue weighted by Gasteiger charge is 2.06.